The quantitative estimate of drug-likeness (QED) is 0.638. The minimum absolute atomic E-state index is 0.0524. The molecule has 2 rings (SSSR count). The van der Waals surface area contributed by atoms with Gasteiger partial charge in [0.05, 0.1) is 12.6 Å². The van der Waals surface area contributed by atoms with Crippen LogP contribution in [0, 0.1) is 11.6 Å². The van der Waals surface area contributed by atoms with Crippen LogP contribution in [0.25, 0.3) is 0 Å². The lowest BCUT2D eigenvalue weighted by molar-refractivity contribution is 0.0710. The van der Waals surface area contributed by atoms with Gasteiger partial charge in [-0.2, -0.15) is 0 Å². The van der Waals surface area contributed by atoms with Gasteiger partial charge in [0.25, 0.3) is 5.91 Å². The summed E-state index contributed by atoms with van der Waals surface area (Å²) in [6.45, 7) is 1.02. The molecule has 1 unspecified atom stereocenters. The molecule has 1 amide bonds. The molecule has 1 aromatic carbocycles. The number of likely N-dealkylation sites (N-methyl/N-ethyl adjacent to an activating group) is 1. The Morgan fingerprint density at radius 2 is 2.11 bits per heavy atom. The van der Waals surface area contributed by atoms with Gasteiger partial charge in [-0.1, -0.05) is 0 Å². The maximum atomic E-state index is 13.5. The van der Waals surface area contributed by atoms with Crippen molar-refractivity contribution in [1.82, 2.24) is 4.90 Å². The Balaban J connectivity index is 2.23. The summed E-state index contributed by atoms with van der Waals surface area (Å²) in [6.07, 6.45) is 0.718. The van der Waals surface area contributed by atoms with Crippen LogP contribution < -0.4 is 11.3 Å². The molecule has 0 saturated carbocycles. The molecule has 1 heterocycles. The first-order valence-electron chi connectivity index (χ1n) is 5.85. The maximum absolute atomic E-state index is 13.5. The van der Waals surface area contributed by atoms with Crippen molar-refractivity contribution in [3.05, 3.63) is 29.3 Å². The molecule has 0 radical (unpaired) electrons. The number of halogens is 2. The summed E-state index contributed by atoms with van der Waals surface area (Å²) in [4.78, 5) is 13.6. The Hall–Kier alpha value is -1.73. The number of hydrogen-bond acceptors (Lipinski definition) is 4. The van der Waals surface area contributed by atoms with E-state index < -0.39 is 23.2 Å². The average molecular weight is 271 g/mol. The van der Waals surface area contributed by atoms with Gasteiger partial charge < -0.3 is 15.1 Å². The van der Waals surface area contributed by atoms with Crippen molar-refractivity contribution >= 4 is 11.6 Å². The van der Waals surface area contributed by atoms with Crippen molar-refractivity contribution < 1.29 is 18.3 Å². The molecule has 0 aliphatic carbocycles. The number of carbonyl (C=O) groups excluding carboxylic acids is 1. The van der Waals surface area contributed by atoms with Crippen molar-refractivity contribution in [3.63, 3.8) is 0 Å². The molecule has 0 bridgehead atoms. The highest BCUT2D eigenvalue weighted by atomic mass is 19.1. The zero-order chi connectivity index (χ0) is 14.0. The number of carbonyl (C=O) groups is 1. The molecule has 5 nitrogen and oxygen atoms in total. The highest BCUT2D eigenvalue weighted by Crippen LogP contribution is 2.21. The number of hydrogen-bond donors (Lipinski definition) is 2. The molecule has 1 aromatic rings. The summed E-state index contributed by atoms with van der Waals surface area (Å²) in [5.41, 5.74) is 1.41. The number of ether oxygens (including phenoxy) is 1. The van der Waals surface area contributed by atoms with E-state index in [0.717, 1.165) is 18.6 Å². The molecule has 3 N–H and O–H groups in total. The maximum Gasteiger partial charge on any atom is 0.254 e. The van der Waals surface area contributed by atoms with Gasteiger partial charge in [-0.25, -0.2) is 8.78 Å². The first-order chi connectivity index (χ1) is 9.04. The van der Waals surface area contributed by atoms with Crippen LogP contribution in [0.1, 0.15) is 16.8 Å². The minimum Gasteiger partial charge on any atom is -0.379 e. The van der Waals surface area contributed by atoms with Crippen LogP contribution in [0.2, 0.25) is 0 Å². The van der Waals surface area contributed by atoms with E-state index in [9.17, 15) is 13.6 Å². The van der Waals surface area contributed by atoms with Crippen LogP contribution in [0.5, 0.6) is 0 Å². The second kappa shape index (κ2) is 5.50. The third-order valence-corrected chi connectivity index (χ3v) is 3.21. The molecule has 1 atom stereocenters. The van der Waals surface area contributed by atoms with Crippen molar-refractivity contribution in [2.45, 2.75) is 12.5 Å². The van der Waals surface area contributed by atoms with Crippen LogP contribution in [-0.4, -0.2) is 37.1 Å². The Labute approximate surface area is 109 Å². The molecule has 1 aliphatic rings. The summed E-state index contributed by atoms with van der Waals surface area (Å²) in [5.74, 6) is 2.75. The van der Waals surface area contributed by atoms with E-state index in [2.05, 4.69) is 0 Å². The monoisotopic (exact) mass is 271 g/mol. The SMILES string of the molecule is CN(C(=O)c1cc(F)c(NN)c(F)c1)C1CCOC1. The number of nitrogens with two attached hydrogens (primary N) is 1. The van der Waals surface area contributed by atoms with Crippen LogP contribution in [-0.2, 0) is 4.74 Å². The van der Waals surface area contributed by atoms with E-state index >= 15 is 0 Å². The minimum atomic E-state index is -0.901. The van der Waals surface area contributed by atoms with Crippen LogP contribution in [0.3, 0.4) is 0 Å². The largest absolute Gasteiger partial charge is 0.379 e. The lowest BCUT2D eigenvalue weighted by Gasteiger charge is -2.23. The van der Waals surface area contributed by atoms with Crippen LogP contribution in [0.4, 0.5) is 14.5 Å². The van der Waals surface area contributed by atoms with Crippen molar-refractivity contribution in [1.29, 1.82) is 0 Å². The van der Waals surface area contributed by atoms with E-state index in [-0.39, 0.29) is 11.6 Å². The Morgan fingerprint density at radius 1 is 1.47 bits per heavy atom. The summed E-state index contributed by atoms with van der Waals surface area (Å²) in [7, 11) is 1.59. The average Bonchev–Trinajstić information content (AvgIpc) is 2.90. The zero-order valence-corrected chi connectivity index (χ0v) is 10.5. The van der Waals surface area contributed by atoms with E-state index in [1.165, 1.54) is 4.90 Å². The predicted octanol–water partition coefficient (Wildman–Crippen LogP) is 1.11. The van der Waals surface area contributed by atoms with E-state index in [1.54, 1.807) is 7.05 Å². The summed E-state index contributed by atoms with van der Waals surface area (Å²) >= 11 is 0. The predicted molar refractivity (Wildman–Crippen MR) is 65.5 cm³/mol. The first-order valence-corrected chi connectivity index (χ1v) is 5.85. The molecule has 19 heavy (non-hydrogen) atoms. The van der Waals surface area contributed by atoms with E-state index in [0.29, 0.717) is 13.2 Å². The number of nitrogens with one attached hydrogen (secondary N) is 1. The molecule has 104 valence electrons. The Bertz CT molecular complexity index is 467. The third-order valence-electron chi connectivity index (χ3n) is 3.21. The summed E-state index contributed by atoms with van der Waals surface area (Å²) in [5, 5.41) is 0. The number of anilines is 1. The van der Waals surface area contributed by atoms with Gasteiger partial charge >= 0.3 is 0 Å². The fraction of sp³-hybridized carbons (Fsp3) is 0.417. The third kappa shape index (κ3) is 2.66. The number of rotatable bonds is 3. The van der Waals surface area contributed by atoms with Gasteiger partial charge in [-0.05, 0) is 18.6 Å². The summed E-state index contributed by atoms with van der Waals surface area (Å²) in [6, 6.07) is 1.87. The number of hydrazine groups is 1. The van der Waals surface area contributed by atoms with Gasteiger partial charge in [0.1, 0.15) is 5.69 Å². The Kier molecular flexibility index (Phi) is 3.96. The Morgan fingerprint density at radius 3 is 2.58 bits per heavy atom. The van der Waals surface area contributed by atoms with E-state index in [1.807, 2.05) is 5.43 Å². The van der Waals surface area contributed by atoms with Gasteiger partial charge in [0, 0.05) is 19.2 Å². The van der Waals surface area contributed by atoms with Crippen molar-refractivity contribution in [3.8, 4) is 0 Å². The van der Waals surface area contributed by atoms with Crippen molar-refractivity contribution in [2.24, 2.45) is 5.84 Å². The molecule has 1 fully saturated rings. The van der Waals surface area contributed by atoms with Gasteiger partial charge in [-0.15, -0.1) is 0 Å². The van der Waals surface area contributed by atoms with Gasteiger partial charge in [0.15, 0.2) is 11.6 Å². The van der Waals surface area contributed by atoms with E-state index in [4.69, 9.17) is 10.6 Å². The molecule has 7 heteroatoms. The molecule has 0 aromatic heterocycles. The fourth-order valence-electron chi connectivity index (χ4n) is 2.03. The summed E-state index contributed by atoms with van der Waals surface area (Å²) < 4.78 is 32.2. The number of amides is 1. The molecule has 0 spiro atoms. The molecule has 1 saturated heterocycles. The highest BCUT2D eigenvalue weighted by molar-refractivity contribution is 5.94. The molecule has 1 aliphatic heterocycles. The van der Waals surface area contributed by atoms with Gasteiger partial charge in [-0.3, -0.25) is 10.6 Å². The first kappa shape index (κ1) is 13.7. The lowest BCUT2D eigenvalue weighted by atomic mass is 10.1. The lowest BCUT2D eigenvalue weighted by Crippen LogP contribution is -2.37. The second-order valence-electron chi connectivity index (χ2n) is 4.39. The van der Waals surface area contributed by atoms with Crippen LogP contribution in [0.15, 0.2) is 12.1 Å². The second-order valence-corrected chi connectivity index (χ2v) is 4.39. The number of benzene rings is 1. The number of nitrogens with zero attached hydrogens (tertiary/aromatic N) is 1. The van der Waals surface area contributed by atoms with Gasteiger partial charge in [0.2, 0.25) is 0 Å². The van der Waals surface area contributed by atoms with Crippen LogP contribution >= 0.6 is 0 Å². The fourth-order valence-corrected chi connectivity index (χ4v) is 2.03. The smallest absolute Gasteiger partial charge is 0.254 e. The molecular formula is C12H15F2N3O2. The molecular weight excluding hydrogens is 256 g/mol. The standard InChI is InChI=1S/C12H15F2N3O2/c1-17(8-2-3-19-6-8)12(18)7-4-9(13)11(16-15)10(14)5-7/h4-5,8,16H,2-3,6,15H2,1H3. The number of nitrogen functional groups attached to an aromatic ring is 1. The van der Waals surface area contributed by atoms with Crippen molar-refractivity contribution in [2.75, 3.05) is 25.7 Å². The zero-order valence-electron chi connectivity index (χ0n) is 10.5. The normalized spacial score (nSPS) is 18.4. The topological polar surface area (TPSA) is 67.6 Å². The highest BCUT2D eigenvalue weighted by Gasteiger charge is 2.26.